The van der Waals surface area contributed by atoms with Crippen LogP contribution in [-0.4, -0.2) is 13.1 Å². The molecule has 3 nitrogen and oxygen atoms in total. The van der Waals surface area contributed by atoms with Gasteiger partial charge in [-0.3, -0.25) is 10.9 Å². The van der Waals surface area contributed by atoms with Crippen LogP contribution in [-0.2, 0) is 0 Å². The number of benzene rings is 1. The van der Waals surface area contributed by atoms with Gasteiger partial charge in [0.15, 0.2) is 0 Å². The van der Waals surface area contributed by atoms with Crippen LogP contribution in [0.25, 0.3) is 5.57 Å². The smallest absolute Gasteiger partial charge is 0.0997 e. The molecule has 0 aromatic heterocycles. The Hall–Kier alpha value is -1.63. The molecule has 0 aliphatic carbocycles. The maximum Gasteiger partial charge on any atom is 0.0997 e. The molecule has 1 aliphatic heterocycles. The van der Waals surface area contributed by atoms with Gasteiger partial charge in [0.25, 0.3) is 0 Å². The summed E-state index contributed by atoms with van der Waals surface area (Å²) < 4.78 is 0. The predicted octanol–water partition coefficient (Wildman–Crippen LogP) is 1.46. The van der Waals surface area contributed by atoms with E-state index in [0.717, 1.165) is 30.6 Å². The first-order valence-corrected chi connectivity index (χ1v) is 5.05. The van der Waals surface area contributed by atoms with Gasteiger partial charge in [-0.1, -0.05) is 30.3 Å². The van der Waals surface area contributed by atoms with E-state index in [1.807, 2.05) is 30.3 Å². The van der Waals surface area contributed by atoms with Crippen molar-refractivity contribution < 1.29 is 0 Å². The topological polar surface area (TPSA) is 47.9 Å². The van der Waals surface area contributed by atoms with Crippen molar-refractivity contribution in [3.8, 4) is 6.07 Å². The van der Waals surface area contributed by atoms with Crippen LogP contribution in [0.3, 0.4) is 0 Å². The highest BCUT2D eigenvalue weighted by atomic mass is 15.4. The third-order valence-electron chi connectivity index (χ3n) is 2.51. The summed E-state index contributed by atoms with van der Waals surface area (Å²) in [6, 6.07) is 12.1. The van der Waals surface area contributed by atoms with Crippen molar-refractivity contribution in [2.75, 3.05) is 13.1 Å². The zero-order chi connectivity index (χ0) is 10.5. The summed E-state index contributed by atoms with van der Waals surface area (Å²) in [5, 5.41) is 9.18. The third-order valence-corrected chi connectivity index (χ3v) is 2.51. The first-order valence-electron chi connectivity index (χ1n) is 5.05. The average molecular weight is 199 g/mol. The Kier molecular flexibility index (Phi) is 3.13. The molecule has 15 heavy (non-hydrogen) atoms. The average Bonchev–Trinajstić information content (AvgIpc) is 2.33. The van der Waals surface area contributed by atoms with E-state index < -0.39 is 0 Å². The standard InChI is InChI=1S/C12H13N3/c13-8-12(10-4-2-1-3-5-10)11-6-7-14-15-9-11/h1-5,14-15H,6-7,9H2. The van der Waals surface area contributed by atoms with Crippen LogP contribution in [0, 0.1) is 11.3 Å². The molecule has 0 amide bonds. The molecule has 0 atom stereocenters. The fourth-order valence-electron chi connectivity index (χ4n) is 1.73. The zero-order valence-electron chi connectivity index (χ0n) is 8.46. The zero-order valence-corrected chi connectivity index (χ0v) is 8.46. The maximum atomic E-state index is 9.18. The van der Waals surface area contributed by atoms with E-state index >= 15 is 0 Å². The Morgan fingerprint density at radius 1 is 1.20 bits per heavy atom. The number of nitriles is 1. The summed E-state index contributed by atoms with van der Waals surface area (Å²) in [5.74, 6) is 0. The van der Waals surface area contributed by atoms with Crippen LogP contribution in [0.1, 0.15) is 12.0 Å². The molecule has 1 saturated heterocycles. The second-order valence-corrected chi connectivity index (χ2v) is 3.49. The third kappa shape index (κ3) is 2.24. The highest BCUT2D eigenvalue weighted by Crippen LogP contribution is 2.20. The second-order valence-electron chi connectivity index (χ2n) is 3.49. The molecule has 1 heterocycles. The van der Waals surface area contributed by atoms with E-state index in [1.165, 1.54) is 5.57 Å². The lowest BCUT2D eigenvalue weighted by molar-refractivity contribution is 0.510. The van der Waals surface area contributed by atoms with Crippen molar-refractivity contribution >= 4 is 5.57 Å². The van der Waals surface area contributed by atoms with Gasteiger partial charge >= 0.3 is 0 Å². The van der Waals surface area contributed by atoms with Gasteiger partial charge in [0.05, 0.1) is 11.6 Å². The lowest BCUT2D eigenvalue weighted by Gasteiger charge is -2.18. The maximum absolute atomic E-state index is 9.18. The molecule has 0 radical (unpaired) electrons. The summed E-state index contributed by atoms with van der Waals surface area (Å²) in [4.78, 5) is 0. The first kappa shape index (κ1) is 9.91. The Morgan fingerprint density at radius 3 is 2.60 bits per heavy atom. The van der Waals surface area contributed by atoms with Gasteiger partial charge in [0.1, 0.15) is 0 Å². The van der Waals surface area contributed by atoms with Crippen LogP contribution < -0.4 is 10.9 Å². The minimum atomic E-state index is 0.748. The number of allylic oxidation sites excluding steroid dienone is 1. The normalized spacial score (nSPS) is 19.4. The molecule has 0 saturated carbocycles. The summed E-state index contributed by atoms with van der Waals surface area (Å²) in [5.41, 5.74) is 9.12. The fraction of sp³-hybridized carbons (Fsp3) is 0.250. The summed E-state index contributed by atoms with van der Waals surface area (Å²) in [6.45, 7) is 1.63. The number of nitrogens with zero attached hydrogens (tertiary/aromatic N) is 1. The fourth-order valence-corrected chi connectivity index (χ4v) is 1.73. The highest BCUT2D eigenvalue weighted by molar-refractivity contribution is 5.79. The van der Waals surface area contributed by atoms with Crippen LogP contribution in [0.2, 0.25) is 0 Å². The van der Waals surface area contributed by atoms with Crippen molar-refractivity contribution in [1.82, 2.24) is 10.9 Å². The molecule has 3 heteroatoms. The van der Waals surface area contributed by atoms with Gasteiger partial charge in [-0.2, -0.15) is 5.26 Å². The van der Waals surface area contributed by atoms with E-state index in [9.17, 15) is 5.26 Å². The molecule has 1 fully saturated rings. The monoisotopic (exact) mass is 199 g/mol. The van der Waals surface area contributed by atoms with Crippen LogP contribution >= 0.6 is 0 Å². The Morgan fingerprint density at radius 2 is 2.00 bits per heavy atom. The first-order chi connectivity index (χ1) is 7.42. The molecular weight excluding hydrogens is 186 g/mol. The van der Waals surface area contributed by atoms with Crippen molar-refractivity contribution in [2.45, 2.75) is 6.42 Å². The number of hydrogen-bond donors (Lipinski definition) is 2. The molecular formula is C12H13N3. The number of rotatable bonds is 1. The second kappa shape index (κ2) is 4.74. The molecule has 2 rings (SSSR count). The van der Waals surface area contributed by atoms with Gasteiger partial charge in [0, 0.05) is 13.1 Å². The molecule has 1 aromatic rings. The van der Waals surface area contributed by atoms with Crippen molar-refractivity contribution in [3.05, 3.63) is 41.5 Å². The summed E-state index contributed by atoms with van der Waals surface area (Å²) in [7, 11) is 0. The largest absolute Gasteiger partial charge is 0.257 e. The SMILES string of the molecule is N#CC(=C1CCNNC1)c1ccccc1. The minimum absolute atomic E-state index is 0.748. The number of hydrazine groups is 1. The number of nitrogens with one attached hydrogen (secondary N) is 2. The Labute approximate surface area is 89.4 Å². The van der Waals surface area contributed by atoms with E-state index in [-0.39, 0.29) is 0 Å². The van der Waals surface area contributed by atoms with E-state index in [4.69, 9.17) is 0 Å². The summed E-state index contributed by atoms with van der Waals surface area (Å²) >= 11 is 0. The van der Waals surface area contributed by atoms with Gasteiger partial charge in [-0.25, -0.2) is 0 Å². The molecule has 1 aromatic carbocycles. The van der Waals surface area contributed by atoms with E-state index in [2.05, 4.69) is 16.9 Å². The van der Waals surface area contributed by atoms with Gasteiger partial charge in [-0.15, -0.1) is 0 Å². The number of hydrogen-bond acceptors (Lipinski definition) is 3. The van der Waals surface area contributed by atoms with Crippen LogP contribution in [0.15, 0.2) is 35.9 Å². The van der Waals surface area contributed by atoms with Crippen molar-refractivity contribution in [1.29, 1.82) is 5.26 Å². The lowest BCUT2D eigenvalue weighted by atomic mass is 9.98. The Balaban J connectivity index is 2.35. The van der Waals surface area contributed by atoms with Gasteiger partial charge in [0.2, 0.25) is 0 Å². The van der Waals surface area contributed by atoms with Crippen LogP contribution in [0.4, 0.5) is 0 Å². The van der Waals surface area contributed by atoms with Gasteiger partial charge < -0.3 is 0 Å². The molecule has 76 valence electrons. The molecule has 1 aliphatic rings. The minimum Gasteiger partial charge on any atom is -0.257 e. The van der Waals surface area contributed by atoms with Crippen LogP contribution in [0.5, 0.6) is 0 Å². The van der Waals surface area contributed by atoms with E-state index in [0.29, 0.717) is 0 Å². The van der Waals surface area contributed by atoms with Crippen molar-refractivity contribution in [3.63, 3.8) is 0 Å². The van der Waals surface area contributed by atoms with E-state index in [1.54, 1.807) is 0 Å². The predicted molar refractivity (Wildman–Crippen MR) is 59.6 cm³/mol. The molecule has 0 spiro atoms. The van der Waals surface area contributed by atoms with Gasteiger partial charge in [-0.05, 0) is 17.6 Å². The Bertz CT molecular complexity index is 393. The quantitative estimate of drug-likeness (QED) is 0.673. The molecule has 2 N–H and O–H groups in total. The molecule has 0 unspecified atom stereocenters. The highest BCUT2D eigenvalue weighted by Gasteiger charge is 2.11. The van der Waals surface area contributed by atoms with Crippen molar-refractivity contribution in [2.24, 2.45) is 0 Å². The lowest BCUT2D eigenvalue weighted by Crippen LogP contribution is -2.39. The summed E-state index contributed by atoms with van der Waals surface area (Å²) in [6.07, 6.45) is 0.935. The molecule has 0 bridgehead atoms.